The maximum Gasteiger partial charge on any atom is 0.332 e. The van der Waals surface area contributed by atoms with Gasteiger partial charge in [-0.1, -0.05) is 0 Å². The van der Waals surface area contributed by atoms with Gasteiger partial charge in [-0.2, -0.15) is 0 Å². The van der Waals surface area contributed by atoms with Gasteiger partial charge in [-0.15, -0.1) is 0 Å². The molecule has 0 amide bonds. The van der Waals surface area contributed by atoms with E-state index in [-0.39, 0.29) is 43.1 Å². The lowest BCUT2D eigenvalue weighted by atomic mass is 10.1. The van der Waals surface area contributed by atoms with Gasteiger partial charge in [0.15, 0.2) is 22.7 Å². The lowest BCUT2D eigenvalue weighted by Crippen LogP contribution is -2.40. The molecule has 11 heteroatoms. The number of rotatable bonds is 8. The zero-order valence-corrected chi connectivity index (χ0v) is 19.8. The third-order valence-corrected chi connectivity index (χ3v) is 5.40. The third-order valence-electron chi connectivity index (χ3n) is 4.84. The minimum Gasteiger partial charge on any atom is -0.493 e. The van der Waals surface area contributed by atoms with Gasteiger partial charge in [0, 0.05) is 25.6 Å². The first-order chi connectivity index (χ1) is 15.3. The molecule has 0 fully saturated rings. The molecular formula is C21H23BrN4O6. The molecule has 1 aromatic carbocycles. The van der Waals surface area contributed by atoms with Crippen molar-refractivity contribution in [3.05, 3.63) is 43.6 Å². The number of aromatic nitrogens is 4. The van der Waals surface area contributed by atoms with E-state index >= 15 is 0 Å². The molecule has 2 heterocycles. The maximum absolute atomic E-state index is 13.1. The number of carbonyl (C=O) groups excluding carboxylic acids is 1. The summed E-state index contributed by atoms with van der Waals surface area (Å²) in [6.07, 6.45) is 0.385. The summed E-state index contributed by atoms with van der Waals surface area (Å²) in [6, 6.07) is 5.21. The Morgan fingerprint density at radius 3 is 2.50 bits per heavy atom. The molecule has 0 spiro atoms. The lowest BCUT2D eigenvalue weighted by Gasteiger charge is -2.13. The van der Waals surface area contributed by atoms with Crippen molar-refractivity contribution in [1.82, 2.24) is 19.1 Å². The van der Waals surface area contributed by atoms with Gasteiger partial charge in [0.25, 0.3) is 5.56 Å². The van der Waals surface area contributed by atoms with Crippen molar-refractivity contribution in [1.29, 1.82) is 0 Å². The fourth-order valence-electron chi connectivity index (χ4n) is 3.25. The number of esters is 1. The number of aryl methyl sites for hydroxylation is 1. The van der Waals surface area contributed by atoms with Crippen molar-refractivity contribution in [2.24, 2.45) is 7.05 Å². The smallest absolute Gasteiger partial charge is 0.332 e. The number of nitrogens with zero attached hydrogens (tertiary/aromatic N) is 4. The number of methoxy groups -OCH3 is 2. The number of ether oxygens (including phenoxy) is 3. The van der Waals surface area contributed by atoms with Crippen LogP contribution in [0.4, 0.5) is 0 Å². The molecule has 3 rings (SSSR count). The average molecular weight is 507 g/mol. The largest absolute Gasteiger partial charge is 0.493 e. The standard InChI is InChI=1S/C21H23BrN4O6/c1-5-32-15(27)7-6-10-26-20(28)17-19(25(2)21(26)29)24-18(22)16(23-17)12-8-9-13(30-3)14(11-12)31-4/h8-9,11H,5-7,10H2,1-4H3. The SMILES string of the molecule is CCOC(=O)CCCn1c(=O)c2nc(-c3ccc(OC)c(OC)c3)c(Br)nc2n(C)c1=O. The second-order valence-corrected chi connectivity index (χ2v) is 7.56. The van der Waals surface area contributed by atoms with Crippen LogP contribution in [0.2, 0.25) is 0 Å². The highest BCUT2D eigenvalue weighted by molar-refractivity contribution is 9.10. The van der Waals surface area contributed by atoms with E-state index in [1.165, 1.54) is 25.8 Å². The minimum absolute atomic E-state index is 0.0382. The van der Waals surface area contributed by atoms with Crippen LogP contribution in [-0.2, 0) is 23.1 Å². The molecule has 0 aliphatic rings. The van der Waals surface area contributed by atoms with Crippen LogP contribution in [0, 0.1) is 0 Å². The molecule has 2 aromatic heterocycles. The van der Waals surface area contributed by atoms with Crippen molar-refractivity contribution in [2.75, 3.05) is 20.8 Å². The van der Waals surface area contributed by atoms with E-state index in [0.717, 1.165) is 4.57 Å². The fraction of sp³-hybridized carbons (Fsp3) is 0.381. The van der Waals surface area contributed by atoms with Crippen molar-refractivity contribution >= 4 is 33.1 Å². The van der Waals surface area contributed by atoms with Gasteiger partial charge >= 0.3 is 11.7 Å². The summed E-state index contributed by atoms with van der Waals surface area (Å²) in [5.41, 5.74) is 0.132. The van der Waals surface area contributed by atoms with Crippen LogP contribution >= 0.6 is 15.9 Å². The molecule has 170 valence electrons. The van der Waals surface area contributed by atoms with Crippen LogP contribution in [0.15, 0.2) is 32.4 Å². The Bertz CT molecular complexity index is 1280. The van der Waals surface area contributed by atoms with Crippen LogP contribution in [0.25, 0.3) is 22.4 Å². The zero-order valence-electron chi connectivity index (χ0n) is 18.2. The highest BCUT2D eigenvalue weighted by Gasteiger charge is 2.18. The van der Waals surface area contributed by atoms with Gasteiger partial charge in [0.1, 0.15) is 10.3 Å². The first-order valence-electron chi connectivity index (χ1n) is 9.87. The first kappa shape index (κ1) is 23.5. The van der Waals surface area contributed by atoms with Crippen molar-refractivity contribution in [3.8, 4) is 22.8 Å². The van der Waals surface area contributed by atoms with Crippen LogP contribution in [0.1, 0.15) is 19.8 Å². The Labute approximate surface area is 191 Å². The topological polar surface area (TPSA) is 115 Å². The number of benzene rings is 1. The van der Waals surface area contributed by atoms with E-state index in [1.54, 1.807) is 25.1 Å². The van der Waals surface area contributed by atoms with Crippen LogP contribution in [-0.4, -0.2) is 45.9 Å². The molecule has 0 saturated heterocycles. The molecule has 0 radical (unpaired) electrons. The Morgan fingerprint density at radius 1 is 1.12 bits per heavy atom. The van der Waals surface area contributed by atoms with E-state index < -0.39 is 11.2 Å². The molecule has 0 unspecified atom stereocenters. The van der Waals surface area contributed by atoms with Crippen LogP contribution in [0.3, 0.4) is 0 Å². The Morgan fingerprint density at radius 2 is 1.84 bits per heavy atom. The first-order valence-corrected chi connectivity index (χ1v) is 10.7. The number of fused-ring (bicyclic) bond motifs is 1. The third kappa shape index (κ3) is 4.52. The summed E-state index contributed by atoms with van der Waals surface area (Å²) in [4.78, 5) is 46.3. The predicted molar refractivity (Wildman–Crippen MR) is 121 cm³/mol. The van der Waals surface area contributed by atoms with Crippen LogP contribution in [0.5, 0.6) is 11.5 Å². The summed E-state index contributed by atoms with van der Waals surface area (Å²) in [6.45, 7) is 2.05. The van der Waals surface area contributed by atoms with Gasteiger partial charge in [-0.05, 0) is 47.5 Å². The molecule has 10 nitrogen and oxygen atoms in total. The number of hydrogen-bond acceptors (Lipinski definition) is 8. The van der Waals surface area contributed by atoms with Gasteiger partial charge in [-0.3, -0.25) is 18.7 Å². The second-order valence-electron chi connectivity index (χ2n) is 6.81. The zero-order chi connectivity index (χ0) is 23.4. The van der Waals surface area contributed by atoms with Crippen molar-refractivity contribution < 1.29 is 19.0 Å². The van der Waals surface area contributed by atoms with E-state index in [0.29, 0.717) is 27.4 Å². The summed E-state index contributed by atoms with van der Waals surface area (Å²) in [5, 5.41) is 0. The quantitative estimate of drug-likeness (QED) is 0.427. The summed E-state index contributed by atoms with van der Waals surface area (Å²) in [7, 11) is 4.57. The van der Waals surface area contributed by atoms with Crippen molar-refractivity contribution in [2.45, 2.75) is 26.3 Å². The predicted octanol–water partition coefficient (Wildman–Crippen LogP) is 2.28. The van der Waals surface area contributed by atoms with Crippen LogP contribution < -0.4 is 20.7 Å². The Kier molecular flexibility index (Phi) is 7.29. The monoisotopic (exact) mass is 506 g/mol. The highest BCUT2D eigenvalue weighted by atomic mass is 79.9. The number of halogens is 1. The lowest BCUT2D eigenvalue weighted by molar-refractivity contribution is -0.143. The van der Waals surface area contributed by atoms with Crippen molar-refractivity contribution in [3.63, 3.8) is 0 Å². The van der Waals surface area contributed by atoms with E-state index in [9.17, 15) is 14.4 Å². The molecule has 0 aliphatic heterocycles. The molecule has 3 aromatic rings. The maximum atomic E-state index is 13.1. The molecule has 0 aliphatic carbocycles. The van der Waals surface area contributed by atoms with Gasteiger partial charge < -0.3 is 14.2 Å². The second kappa shape index (κ2) is 9.94. The molecule has 0 atom stereocenters. The van der Waals surface area contributed by atoms with E-state index in [4.69, 9.17) is 14.2 Å². The normalized spacial score (nSPS) is 10.9. The number of carbonyl (C=O) groups is 1. The van der Waals surface area contributed by atoms with Gasteiger partial charge in [0.2, 0.25) is 0 Å². The summed E-state index contributed by atoms with van der Waals surface area (Å²) < 4.78 is 18.2. The Balaban J connectivity index is 2.09. The van der Waals surface area contributed by atoms with Gasteiger partial charge in [-0.25, -0.2) is 14.8 Å². The highest BCUT2D eigenvalue weighted by Crippen LogP contribution is 2.34. The molecule has 0 saturated carbocycles. The molecular weight excluding hydrogens is 484 g/mol. The molecule has 32 heavy (non-hydrogen) atoms. The molecule has 0 bridgehead atoms. The minimum atomic E-state index is -0.575. The number of hydrogen-bond donors (Lipinski definition) is 0. The molecule has 0 N–H and O–H groups in total. The fourth-order valence-corrected chi connectivity index (χ4v) is 3.74. The van der Waals surface area contributed by atoms with Gasteiger partial charge in [0.05, 0.1) is 20.8 Å². The summed E-state index contributed by atoms with van der Waals surface area (Å²) in [5.74, 6) is 0.667. The average Bonchev–Trinajstić information content (AvgIpc) is 2.79. The summed E-state index contributed by atoms with van der Waals surface area (Å²) >= 11 is 3.39. The Hall–Kier alpha value is -3.21. The van der Waals surface area contributed by atoms with E-state index in [1.807, 2.05) is 0 Å². The van der Waals surface area contributed by atoms with E-state index in [2.05, 4.69) is 25.9 Å².